The molecule has 2 fully saturated rings. The molecule has 1 aromatic carbocycles. The van der Waals surface area contributed by atoms with E-state index in [2.05, 4.69) is 84.8 Å². The van der Waals surface area contributed by atoms with Crippen LogP contribution >= 0.6 is 0 Å². The summed E-state index contributed by atoms with van der Waals surface area (Å²) in [6, 6.07) is 2.56. The van der Waals surface area contributed by atoms with E-state index in [1.54, 1.807) is 13.0 Å². The molecule has 0 amide bonds. The molecule has 3 heterocycles. The third-order valence-electron chi connectivity index (χ3n) is 14.9. The number of carboxylic acid groups (broad SMARTS) is 1. The number of carbonyl (C=O) groups is 1. The van der Waals surface area contributed by atoms with Gasteiger partial charge in [0.25, 0.3) is 0 Å². The molecule has 2 aromatic rings. The van der Waals surface area contributed by atoms with Gasteiger partial charge in [-0.1, -0.05) is 51.2 Å². The lowest BCUT2D eigenvalue weighted by Crippen LogP contribution is -2.62. The fourth-order valence-electron chi connectivity index (χ4n) is 12.7. The first kappa shape index (κ1) is 33.2. The van der Waals surface area contributed by atoms with E-state index in [4.69, 9.17) is 4.74 Å². The van der Waals surface area contributed by atoms with Crippen LogP contribution in [-0.4, -0.2) is 43.2 Å². The Morgan fingerprint density at radius 1 is 1.02 bits per heavy atom. The Morgan fingerprint density at radius 2 is 1.73 bits per heavy atom. The minimum Gasteiger partial charge on any atom is -0.478 e. The van der Waals surface area contributed by atoms with Gasteiger partial charge in [-0.3, -0.25) is 0 Å². The SMILES string of the molecule is C=C(C)[C@H]1Cc2c3c(cc4c5c(n1c24)[C@@]1(C)[C@@H](CC[C@H]2[C@](C)(/C=C/C=C(\C)C(=O)O)[C@@H](O)CC[C@@]21C)C5)C1=CC(C)(C)OC(C)(C)[C@H]1[C@@H]3O. The topological polar surface area (TPSA) is 91.9 Å². The van der Waals surface area contributed by atoms with Crippen molar-refractivity contribution < 1.29 is 24.9 Å². The highest BCUT2D eigenvalue weighted by molar-refractivity contribution is 5.97. The van der Waals surface area contributed by atoms with E-state index in [-0.39, 0.29) is 28.7 Å². The normalized spacial score (nSPS) is 39.7. The molecule has 6 heteroatoms. The van der Waals surface area contributed by atoms with Crippen LogP contribution in [0, 0.1) is 28.6 Å². The van der Waals surface area contributed by atoms with Crippen LogP contribution in [0.25, 0.3) is 16.5 Å². The van der Waals surface area contributed by atoms with Crippen molar-refractivity contribution in [2.24, 2.45) is 28.6 Å². The molecule has 0 radical (unpaired) electrons. The minimum absolute atomic E-state index is 0.0913. The van der Waals surface area contributed by atoms with Gasteiger partial charge < -0.3 is 24.6 Å². The van der Waals surface area contributed by atoms with E-state index in [1.807, 2.05) is 6.08 Å². The van der Waals surface area contributed by atoms with Gasteiger partial charge in [-0.05, 0) is 137 Å². The first-order valence-electron chi connectivity index (χ1n) is 18.6. The average Bonchev–Trinajstić information content (AvgIpc) is 3.70. The number of allylic oxidation sites excluding steroid dienone is 3. The maximum Gasteiger partial charge on any atom is 0.331 e. The van der Waals surface area contributed by atoms with Crippen molar-refractivity contribution in [3.8, 4) is 0 Å². The highest BCUT2D eigenvalue weighted by Crippen LogP contribution is 2.71. The van der Waals surface area contributed by atoms with Gasteiger partial charge in [0.1, 0.15) is 0 Å². The van der Waals surface area contributed by atoms with Gasteiger partial charge in [-0.25, -0.2) is 4.79 Å². The van der Waals surface area contributed by atoms with Gasteiger partial charge in [0, 0.05) is 33.4 Å². The van der Waals surface area contributed by atoms with E-state index in [9.17, 15) is 20.1 Å². The lowest BCUT2D eigenvalue weighted by atomic mass is 9.40. The fourth-order valence-corrected chi connectivity index (χ4v) is 12.7. The van der Waals surface area contributed by atoms with Crippen molar-refractivity contribution >= 4 is 22.4 Å². The highest BCUT2D eigenvalue weighted by atomic mass is 16.5. The third kappa shape index (κ3) is 4.08. The molecule has 8 rings (SSSR count). The standard InChI is InChI=1S/C43H55NO5/c1-22(2)30-20-28-33-25(29-21-39(4,5)49-40(6,7)34(29)36(33)46)19-26-27-18-24-13-14-31-41(8,16-11-12-23(3)38(47)48)32(45)15-17-42(31,9)43(24,10)37(27)44(30)35(26)28/h11-12,16,19,21,24,30-32,34,36,45-46H,1,13-15,17-18,20H2,2-10H3,(H,47,48)/b16-11+,23-12+/t24-,30+,31-,32-,34+,36+,41-,42-,43+/m0/s1. The van der Waals surface area contributed by atoms with Gasteiger partial charge in [0.05, 0.1) is 35.0 Å². The molecule has 0 bridgehead atoms. The van der Waals surface area contributed by atoms with Crippen LogP contribution in [0.4, 0.5) is 0 Å². The first-order valence-corrected chi connectivity index (χ1v) is 18.6. The van der Waals surface area contributed by atoms with Crippen LogP contribution in [0.3, 0.4) is 0 Å². The minimum atomic E-state index is -0.922. The monoisotopic (exact) mass is 665 g/mol. The van der Waals surface area contributed by atoms with Crippen LogP contribution in [0.15, 0.2) is 48.1 Å². The number of aliphatic hydroxyl groups is 2. The molecule has 3 N–H and O–H groups in total. The van der Waals surface area contributed by atoms with Crippen molar-refractivity contribution in [3.63, 3.8) is 0 Å². The van der Waals surface area contributed by atoms with Crippen molar-refractivity contribution in [2.45, 2.75) is 136 Å². The summed E-state index contributed by atoms with van der Waals surface area (Å²) in [5.41, 5.74) is 8.86. The molecule has 49 heavy (non-hydrogen) atoms. The van der Waals surface area contributed by atoms with Crippen molar-refractivity contribution in [3.05, 3.63) is 76.0 Å². The predicted octanol–water partition coefficient (Wildman–Crippen LogP) is 8.54. The number of rotatable bonds is 4. The number of hydrogen-bond donors (Lipinski definition) is 3. The van der Waals surface area contributed by atoms with Gasteiger partial charge in [-0.15, -0.1) is 0 Å². The molecule has 0 saturated heterocycles. The second-order valence-corrected chi connectivity index (χ2v) is 18.4. The van der Waals surface area contributed by atoms with Crippen molar-refractivity contribution in [1.29, 1.82) is 0 Å². The molecule has 6 aliphatic rings. The number of hydrogen-bond acceptors (Lipinski definition) is 4. The van der Waals surface area contributed by atoms with Crippen LogP contribution in [0.5, 0.6) is 0 Å². The summed E-state index contributed by atoms with van der Waals surface area (Å²) >= 11 is 0. The van der Waals surface area contributed by atoms with Crippen molar-refractivity contribution in [2.75, 3.05) is 0 Å². The summed E-state index contributed by atoms with van der Waals surface area (Å²) in [5, 5.41) is 34.6. The zero-order chi connectivity index (χ0) is 35.4. The number of nitrogens with zero attached hydrogens (tertiary/aromatic N) is 1. The number of ether oxygens (including phenoxy) is 1. The van der Waals surface area contributed by atoms with Gasteiger partial charge in [0.2, 0.25) is 0 Å². The van der Waals surface area contributed by atoms with E-state index < -0.39 is 34.8 Å². The van der Waals surface area contributed by atoms with Crippen LogP contribution in [-0.2, 0) is 27.8 Å². The van der Waals surface area contributed by atoms with Crippen molar-refractivity contribution in [1.82, 2.24) is 4.57 Å². The molecule has 6 nitrogen and oxygen atoms in total. The molecule has 1 aromatic heterocycles. The maximum absolute atomic E-state index is 12.2. The maximum atomic E-state index is 12.2. The Bertz CT molecular complexity index is 1940. The van der Waals surface area contributed by atoms with Gasteiger partial charge in [-0.2, -0.15) is 0 Å². The summed E-state index contributed by atoms with van der Waals surface area (Å²) in [6.45, 7) is 24.1. The zero-order valence-electron chi connectivity index (χ0n) is 30.9. The zero-order valence-corrected chi connectivity index (χ0v) is 30.9. The molecule has 9 atom stereocenters. The Balaban J connectivity index is 1.34. The van der Waals surface area contributed by atoms with E-state index in [0.29, 0.717) is 17.9 Å². The first-order chi connectivity index (χ1) is 22.8. The second-order valence-electron chi connectivity index (χ2n) is 18.4. The lowest BCUT2D eigenvalue weighted by molar-refractivity contribution is -0.145. The highest BCUT2D eigenvalue weighted by Gasteiger charge is 2.67. The number of fused-ring (bicyclic) bond motifs is 11. The summed E-state index contributed by atoms with van der Waals surface area (Å²) in [6.07, 6.45) is 12.5. The molecule has 0 spiro atoms. The summed E-state index contributed by atoms with van der Waals surface area (Å²) in [7, 11) is 0. The van der Waals surface area contributed by atoms with E-state index in [1.165, 1.54) is 38.9 Å². The summed E-state index contributed by atoms with van der Waals surface area (Å²) < 4.78 is 9.25. The molecule has 2 saturated carbocycles. The Labute approximate surface area is 291 Å². The molecular formula is C43H55NO5. The summed E-state index contributed by atoms with van der Waals surface area (Å²) in [4.78, 5) is 11.5. The van der Waals surface area contributed by atoms with E-state index in [0.717, 1.165) is 43.2 Å². The molecule has 2 aliphatic heterocycles. The number of aliphatic carboxylic acids is 1. The fraction of sp³-hybridized carbons (Fsp3) is 0.605. The molecule has 0 unspecified atom stereocenters. The number of carboxylic acids is 1. The average molecular weight is 666 g/mol. The second kappa shape index (κ2) is 10.1. The molecular weight excluding hydrogens is 610 g/mol. The predicted molar refractivity (Wildman–Crippen MR) is 194 cm³/mol. The Kier molecular flexibility index (Phi) is 6.85. The summed E-state index contributed by atoms with van der Waals surface area (Å²) in [5.74, 6) is -0.317. The van der Waals surface area contributed by atoms with Crippen LogP contribution < -0.4 is 0 Å². The van der Waals surface area contributed by atoms with Crippen LogP contribution in [0.2, 0.25) is 0 Å². The molecule has 262 valence electrons. The largest absolute Gasteiger partial charge is 0.478 e. The van der Waals surface area contributed by atoms with E-state index >= 15 is 0 Å². The number of benzene rings is 1. The quantitative estimate of drug-likeness (QED) is 0.173. The third-order valence-corrected chi connectivity index (χ3v) is 14.9. The van der Waals surface area contributed by atoms with Gasteiger partial charge >= 0.3 is 5.97 Å². The Hall–Kier alpha value is -2.93. The molecule has 4 aliphatic carbocycles. The number of aliphatic hydroxyl groups excluding tert-OH is 2. The lowest BCUT2D eigenvalue weighted by Gasteiger charge is -2.64. The van der Waals surface area contributed by atoms with Crippen LogP contribution in [0.1, 0.15) is 128 Å². The van der Waals surface area contributed by atoms with Gasteiger partial charge in [0.15, 0.2) is 0 Å². The number of aromatic nitrogens is 1. The Morgan fingerprint density at radius 3 is 2.41 bits per heavy atom. The smallest absolute Gasteiger partial charge is 0.331 e.